The molecule has 1 atom stereocenters. The Hall–Kier alpha value is -3.57. The van der Waals surface area contributed by atoms with Crippen LogP contribution in [0.2, 0.25) is 0 Å². The molecule has 0 spiro atoms. The van der Waals surface area contributed by atoms with E-state index in [9.17, 15) is 27.6 Å². The maximum atomic E-state index is 13.1. The Labute approximate surface area is 200 Å². The van der Waals surface area contributed by atoms with Crippen molar-refractivity contribution in [1.82, 2.24) is 19.6 Å². The Morgan fingerprint density at radius 3 is 2.66 bits per heavy atom. The standard InChI is InChI=1S/C23H27F3N4O5/c1-4-35-22(33)15-7-6-10-29(12-15)19(31)14-28(2)21(32)20-18(34-3)13-30(27-20)17-9-5-8-16(11-17)23(24,25)26/h5,8-9,11,13,15H,4,6-7,10,12,14H2,1-3H3. The molecule has 35 heavy (non-hydrogen) atoms. The molecule has 0 radical (unpaired) electrons. The van der Waals surface area contributed by atoms with E-state index in [-0.39, 0.29) is 48.7 Å². The first-order chi connectivity index (χ1) is 16.5. The van der Waals surface area contributed by atoms with Crippen LogP contribution in [-0.4, -0.2) is 77.8 Å². The number of piperidine rings is 1. The van der Waals surface area contributed by atoms with E-state index in [1.54, 1.807) is 6.92 Å². The quantitative estimate of drug-likeness (QED) is 0.548. The second-order valence-electron chi connectivity index (χ2n) is 8.13. The minimum absolute atomic E-state index is 0.0482. The van der Waals surface area contributed by atoms with E-state index in [0.717, 1.165) is 21.7 Å². The molecular weight excluding hydrogens is 469 g/mol. The number of halogens is 3. The molecule has 2 amide bonds. The molecule has 0 N–H and O–H groups in total. The van der Waals surface area contributed by atoms with Crippen molar-refractivity contribution in [2.75, 3.05) is 40.4 Å². The van der Waals surface area contributed by atoms with Gasteiger partial charge in [-0.25, -0.2) is 4.68 Å². The Balaban J connectivity index is 1.73. The molecule has 2 heterocycles. The summed E-state index contributed by atoms with van der Waals surface area (Å²) in [5.74, 6) is -1.69. The van der Waals surface area contributed by atoms with Crippen LogP contribution in [0.15, 0.2) is 30.5 Å². The molecule has 1 unspecified atom stereocenters. The molecule has 0 aliphatic carbocycles. The summed E-state index contributed by atoms with van der Waals surface area (Å²) in [6, 6.07) is 4.49. The number of esters is 1. The highest BCUT2D eigenvalue weighted by Crippen LogP contribution is 2.31. The van der Waals surface area contributed by atoms with E-state index in [1.807, 2.05) is 0 Å². The lowest BCUT2D eigenvalue weighted by Crippen LogP contribution is -2.47. The van der Waals surface area contributed by atoms with E-state index in [2.05, 4.69) is 5.10 Å². The summed E-state index contributed by atoms with van der Waals surface area (Å²) in [6.07, 6.45) is -1.97. The predicted octanol–water partition coefficient (Wildman–Crippen LogP) is 2.77. The van der Waals surface area contributed by atoms with E-state index >= 15 is 0 Å². The molecule has 1 aliphatic rings. The Morgan fingerprint density at radius 2 is 2.00 bits per heavy atom. The van der Waals surface area contributed by atoms with Crippen molar-refractivity contribution >= 4 is 17.8 Å². The number of likely N-dealkylation sites (tertiary alicyclic amines) is 1. The van der Waals surface area contributed by atoms with Gasteiger partial charge in [0.1, 0.15) is 0 Å². The number of alkyl halides is 3. The van der Waals surface area contributed by atoms with E-state index < -0.39 is 23.6 Å². The van der Waals surface area contributed by atoms with Gasteiger partial charge in [0.15, 0.2) is 11.4 Å². The third-order valence-corrected chi connectivity index (χ3v) is 5.65. The van der Waals surface area contributed by atoms with Gasteiger partial charge in [0.25, 0.3) is 5.91 Å². The van der Waals surface area contributed by atoms with Gasteiger partial charge in [0, 0.05) is 20.1 Å². The zero-order valence-electron chi connectivity index (χ0n) is 19.7. The monoisotopic (exact) mass is 496 g/mol. The Kier molecular flexibility index (Phi) is 8.03. The largest absolute Gasteiger partial charge is 0.493 e. The van der Waals surface area contributed by atoms with Crippen molar-refractivity contribution in [1.29, 1.82) is 0 Å². The number of benzene rings is 1. The number of ether oxygens (including phenoxy) is 2. The highest BCUT2D eigenvalue weighted by atomic mass is 19.4. The number of amides is 2. The highest BCUT2D eigenvalue weighted by molar-refractivity contribution is 5.97. The molecule has 190 valence electrons. The number of hydrogen-bond donors (Lipinski definition) is 0. The predicted molar refractivity (Wildman–Crippen MR) is 118 cm³/mol. The van der Waals surface area contributed by atoms with Crippen molar-refractivity contribution in [2.45, 2.75) is 25.9 Å². The van der Waals surface area contributed by atoms with Gasteiger partial charge in [-0.15, -0.1) is 0 Å². The lowest BCUT2D eigenvalue weighted by molar-refractivity contribution is -0.151. The summed E-state index contributed by atoms with van der Waals surface area (Å²) in [7, 11) is 2.72. The van der Waals surface area contributed by atoms with Gasteiger partial charge >= 0.3 is 12.1 Å². The van der Waals surface area contributed by atoms with Crippen LogP contribution >= 0.6 is 0 Å². The fraction of sp³-hybridized carbons (Fsp3) is 0.478. The third-order valence-electron chi connectivity index (χ3n) is 5.65. The van der Waals surface area contributed by atoms with E-state index in [0.29, 0.717) is 19.4 Å². The number of aromatic nitrogens is 2. The summed E-state index contributed by atoms with van der Waals surface area (Å²) in [5, 5.41) is 4.12. The van der Waals surface area contributed by atoms with Crippen LogP contribution in [0.3, 0.4) is 0 Å². The fourth-order valence-electron chi connectivity index (χ4n) is 3.82. The smallest absolute Gasteiger partial charge is 0.416 e. The molecule has 1 aromatic carbocycles. The lowest BCUT2D eigenvalue weighted by Gasteiger charge is -2.32. The van der Waals surface area contributed by atoms with Crippen molar-refractivity contribution < 1.29 is 37.0 Å². The van der Waals surface area contributed by atoms with Gasteiger partial charge < -0.3 is 19.3 Å². The van der Waals surface area contributed by atoms with Crippen molar-refractivity contribution in [3.8, 4) is 11.4 Å². The van der Waals surface area contributed by atoms with Crippen LogP contribution in [0, 0.1) is 5.92 Å². The number of carbonyl (C=O) groups is 3. The van der Waals surface area contributed by atoms with Crippen LogP contribution in [-0.2, 0) is 20.5 Å². The van der Waals surface area contributed by atoms with E-state index in [4.69, 9.17) is 9.47 Å². The SMILES string of the molecule is CCOC(=O)C1CCCN(C(=O)CN(C)C(=O)c2nn(-c3cccc(C(F)(F)F)c3)cc2OC)C1. The molecule has 0 bridgehead atoms. The highest BCUT2D eigenvalue weighted by Gasteiger charge is 2.32. The van der Waals surface area contributed by atoms with Gasteiger partial charge in [-0.1, -0.05) is 6.07 Å². The molecular formula is C23H27F3N4O5. The first-order valence-electron chi connectivity index (χ1n) is 11.1. The molecule has 9 nitrogen and oxygen atoms in total. The van der Waals surface area contributed by atoms with Crippen LogP contribution in [0.25, 0.3) is 5.69 Å². The number of carbonyl (C=O) groups excluding carboxylic acids is 3. The number of nitrogens with zero attached hydrogens (tertiary/aromatic N) is 4. The van der Waals surface area contributed by atoms with Crippen molar-refractivity contribution in [3.05, 3.63) is 41.7 Å². The molecule has 3 rings (SSSR count). The minimum Gasteiger partial charge on any atom is -0.493 e. The van der Waals surface area contributed by atoms with E-state index in [1.165, 1.54) is 37.4 Å². The van der Waals surface area contributed by atoms with Crippen LogP contribution in [0.5, 0.6) is 5.75 Å². The van der Waals surface area contributed by atoms with Gasteiger partial charge in [-0.3, -0.25) is 14.4 Å². The maximum absolute atomic E-state index is 13.1. The van der Waals surface area contributed by atoms with Gasteiger partial charge in [-0.05, 0) is 38.0 Å². The third kappa shape index (κ3) is 6.11. The lowest BCUT2D eigenvalue weighted by atomic mass is 9.98. The second kappa shape index (κ2) is 10.8. The van der Waals surface area contributed by atoms with Crippen LogP contribution in [0.4, 0.5) is 13.2 Å². The summed E-state index contributed by atoms with van der Waals surface area (Å²) in [6.45, 7) is 2.38. The first kappa shape index (κ1) is 26.0. The zero-order valence-corrected chi connectivity index (χ0v) is 19.7. The molecule has 1 fully saturated rings. The molecule has 0 saturated carbocycles. The molecule has 1 aliphatic heterocycles. The molecule has 2 aromatic rings. The number of rotatable bonds is 7. The van der Waals surface area contributed by atoms with Gasteiger partial charge in [-0.2, -0.15) is 18.3 Å². The average molecular weight is 496 g/mol. The number of hydrogen-bond acceptors (Lipinski definition) is 6. The fourth-order valence-corrected chi connectivity index (χ4v) is 3.82. The van der Waals surface area contributed by atoms with Crippen molar-refractivity contribution in [2.24, 2.45) is 5.92 Å². The molecule has 1 saturated heterocycles. The van der Waals surface area contributed by atoms with Gasteiger partial charge in [0.2, 0.25) is 5.91 Å². The number of methoxy groups -OCH3 is 1. The van der Waals surface area contributed by atoms with Gasteiger partial charge in [0.05, 0.1) is 43.6 Å². The summed E-state index contributed by atoms with van der Waals surface area (Å²) in [4.78, 5) is 40.5. The average Bonchev–Trinajstić information content (AvgIpc) is 3.28. The van der Waals surface area contributed by atoms with Crippen LogP contribution < -0.4 is 4.74 Å². The molecule has 12 heteroatoms. The molecule has 1 aromatic heterocycles. The maximum Gasteiger partial charge on any atom is 0.416 e. The first-order valence-corrected chi connectivity index (χ1v) is 11.1. The Bertz CT molecular complexity index is 1090. The summed E-state index contributed by atoms with van der Waals surface area (Å²) < 4.78 is 50.6. The number of likely N-dealkylation sites (N-methyl/N-ethyl adjacent to an activating group) is 1. The normalized spacial score (nSPS) is 16.1. The topological polar surface area (TPSA) is 94.0 Å². The minimum atomic E-state index is -4.53. The summed E-state index contributed by atoms with van der Waals surface area (Å²) in [5.41, 5.74) is -0.916. The second-order valence-corrected chi connectivity index (χ2v) is 8.13. The van der Waals surface area contributed by atoms with Crippen molar-refractivity contribution in [3.63, 3.8) is 0 Å². The Morgan fingerprint density at radius 1 is 1.26 bits per heavy atom. The zero-order chi connectivity index (χ0) is 25.8. The van der Waals surface area contributed by atoms with Crippen LogP contribution in [0.1, 0.15) is 35.8 Å². The summed E-state index contributed by atoms with van der Waals surface area (Å²) >= 11 is 0.